The molecule has 1 saturated heterocycles. The van der Waals surface area contributed by atoms with Gasteiger partial charge in [-0.25, -0.2) is 4.39 Å². The molecule has 0 aliphatic carbocycles. The van der Waals surface area contributed by atoms with E-state index in [0.717, 1.165) is 6.07 Å². The molecule has 0 aromatic heterocycles. The summed E-state index contributed by atoms with van der Waals surface area (Å²) in [6.07, 6.45) is -1.34. The second-order valence-electron chi connectivity index (χ2n) is 10.9. The normalized spacial score (nSPS) is 23.6. The van der Waals surface area contributed by atoms with E-state index in [2.05, 4.69) is 11.4 Å². The van der Waals surface area contributed by atoms with Crippen molar-refractivity contribution in [3.8, 4) is 11.8 Å². The summed E-state index contributed by atoms with van der Waals surface area (Å²) < 4.78 is 26.7. The lowest BCUT2D eigenvalue weighted by atomic mass is 9.62. The number of aliphatic hydroxyl groups excluding tert-OH is 1. The molecule has 0 spiro atoms. The molecular formula is C28H32Cl2FN3O5. The van der Waals surface area contributed by atoms with Crippen LogP contribution in [0.2, 0.25) is 10.0 Å². The summed E-state index contributed by atoms with van der Waals surface area (Å²) in [7, 11) is 1.44. The fourth-order valence-electron chi connectivity index (χ4n) is 5.28. The number of benzene rings is 2. The van der Waals surface area contributed by atoms with Gasteiger partial charge in [0.05, 0.1) is 25.7 Å². The second kappa shape index (κ2) is 12.1. The van der Waals surface area contributed by atoms with Gasteiger partial charge in [-0.3, -0.25) is 14.9 Å². The van der Waals surface area contributed by atoms with Crippen molar-refractivity contribution in [2.75, 3.05) is 13.7 Å². The molecule has 1 amide bonds. The first kappa shape index (κ1) is 30.6. The standard InChI is InChI=1S/C28H32Cl2FN3O5/c1-27(2,3)12-22-28(14-32,19-7-5-16(30)10-20(19)31)24(18-9-15(29)6-8-21(18)38-4)25(34-22)26(37)39-13-17(35)11-23(33)36/h5-10,17,22,24-25,34-35H,11-13H2,1-4H3,(H2,33,36)/t17-,22-,24-,25+,28-/m0/s1. The number of hydrogen-bond donors (Lipinski definition) is 3. The van der Waals surface area contributed by atoms with E-state index in [1.165, 1.54) is 19.2 Å². The van der Waals surface area contributed by atoms with Crippen LogP contribution in [-0.4, -0.2) is 48.9 Å². The van der Waals surface area contributed by atoms with Gasteiger partial charge in [-0.1, -0.05) is 50.0 Å². The van der Waals surface area contributed by atoms with E-state index in [0.29, 0.717) is 22.8 Å². The first-order valence-corrected chi connectivity index (χ1v) is 13.1. The van der Waals surface area contributed by atoms with Gasteiger partial charge in [0.1, 0.15) is 29.6 Å². The second-order valence-corrected chi connectivity index (χ2v) is 11.8. The van der Waals surface area contributed by atoms with Gasteiger partial charge in [0.2, 0.25) is 5.91 Å². The number of aliphatic hydroxyl groups is 1. The molecule has 2 aromatic carbocycles. The molecule has 2 aromatic rings. The third-order valence-corrected chi connectivity index (χ3v) is 7.24. The van der Waals surface area contributed by atoms with Crippen molar-refractivity contribution in [1.29, 1.82) is 5.26 Å². The van der Waals surface area contributed by atoms with Crippen molar-refractivity contribution in [3.63, 3.8) is 0 Å². The van der Waals surface area contributed by atoms with Crippen LogP contribution in [0, 0.1) is 22.6 Å². The van der Waals surface area contributed by atoms with Crippen LogP contribution < -0.4 is 15.8 Å². The Bertz CT molecular complexity index is 1280. The van der Waals surface area contributed by atoms with Crippen LogP contribution in [0.5, 0.6) is 5.75 Å². The zero-order chi connectivity index (χ0) is 29.1. The zero-order valence-corrected chi connectivity index (χ0v) is 23.6. The van der Waals surface area contributed by atoms with Gasteiger partial charge in [0.25, 0.3) is 0 Å². The number of carbonyl (C=O) groups is 2. The van der Waals surface area contributed by atoms with Crippen molar-refractivity contribution >= 4 is 35.1 Å². The number of nitriles is 1. The number of nitrogens with zero attached hydrogens (tertiary/aromatic N) is 1. The number of rotatable bonds is 9. The maximum absolute atomic E-state index is 15.7. The molecule has 3 rings (SSSR count). The van der Waals surface area contributed by atoms with Crippen LogP contribution in [-0.2, 0) is 19.7 Å². The van der Waals surface area contributed by atoms with Crippen molar-refractivity contribution in [2.45, 2.75) is 63.1 Å². The Morgan fingerprint density at radius 3 is 2.44 bits per heavy atom. The smallest absolute Gasteiger partial charge is 0.323 e. The fourth-order valence-corrected chi connectivity index (χ4v) is 5.62. The van der Waals surface area contributed by atoms with Gasteiger partial charge in [-0.05, 0) is 42.2 Å². The lowest BCUT2D eigenvalue weighted by Gasteiger charge is -2.37. The molecule has 0 unspecified atom stereocenters. The molecule has 11 heteroatoms. The number of nitrogens with one attached hydrogen (secondary N) is 1. The van der Waals surface area contributed by atoms with Crippen molar-refractivity contribution < 1.29 is 28.6 Å². The van der Waals surface area contributed by atoms with E-state index in [9.17, 15) is 20.0 Å². The maximum Gasteiger partial charge on any atom is 0.323 e. The molecule has 1 heterocycles. The highest BCUT2D eigenvalue weighted by Crippen LogP contribution is 2.54. The number of esters is 1. The Balaban J connectivity index is 2.26. The highest BCUT2D eigenvalue weighted by atomic mass is 35.5. The van der Waals surface area contributed by atoms with Crippen LogP contribution >= 0.6 is 23.2 Å². The number of amides is 1. The summed E-state index contributed by atoms with van der Waals surface area (Å²) in [5.74, 6) is -2.98. The predicted octanol–water partition coefficient (Wildman–Crippen LogP) is 4.24. The monoisotopic (exact) mass is 579 g/mol. The molecule has 5 atom stereocenters. The summed E-state index contributed by atoms with van der Waals surface area (Å²) in [6, 6.07) is 9.30. The van der Waals surface area contributed by atoms with E-state index in [4.69, 9.17) is 38.4 Å². The van der Waals surface area contributed by atoms with E-state index >= 15 is 4.39 Å². The molecule has 39 heavy (non-hydrogen) atoms. The summed E-state index contributed by atoms with van der Waals surface area (Å²) in [5, 5.41) is 24.7. The van der Waals surface area contributed by atoms with Gasteiger partial charge < -0.3 is 20.3 Å². The summed E-state index contributed by atoms with van der Waals surface area (Å²) in [5.41, 5.74) is 3.58. The molecule has 1 aliphatic rings. The number of methoxy groups -OCH3 is 1. The van der Waals surface area contributed by atoms with Gasteiger partial charge in [0.15, 0.2) is 0 Å². The van der Waals surface area contributed by atoms with Crippen molar-refractivity contribution in [2.24, 2.45) is 11.1 Å². The van der Waals surface area contributed by atoms with Gasteiger partial charge in [0, 0.05) is 33.1 Å². The zero-order valence-electron chi connectivity index (χ0n) is 22.1. The van der Waals surface area contributed by atoms with E-state index in [1.807, 2.05) is 20.8 Å². The number of nitrogens with two attached hydrogens (primary N) is 1. The number of ether oxygens (including phenoxy) is 2. The molecule has 1 fully saturated rings. The average Bonchev–Trinajstić information content (AvgIpc) is 3.15. The Kier molecular flexibility index (Phi) is 9.50. The summed E-state index contributed by atoms with van der Waals surface area (Å²) in [6.45, 7) is 5.40. The highest BCUT2D eigenvalue weighted by molar-refractivity contribution is 6.31. The lowest BCUT2D eigenvalue weighted by molar-refractivity contribution is -0.150. The van der Waals surface area contributed by atoms with Gasteiger partial charge in [-0.2, -0.15) is 5.26 Å². The molecule has 0 bridgehead atoms. The first-order chi connectivity index (χ1) is 18.2. The minimum atomic E-state index is -1.64. The predicted molar refractivity (Wildman–Crippen MR) is 145 cm³/mol. The third kappa shape index (κ3) is 6.64. The minimum Gasteiger partial charge on any atom is -0.496 e. The molecule has 1 aliphatic heterocycles. The molecule has 8 nitrogen and oxygen atoms in total. The van der Waals surface area contributed by atoms with Crippen LogP contribution in [0.4, 0.5) is 4.39 Å². The lowest BCUT2D eigenvalue weighted by Crippen LogP contribution is -2.44. The van der Waals surface area contributed by atoms with Crippen LogP contribution in [0.15, 0.2) is 36.4 Å². The third-order valence-electron chi connectivity index (χ3n) is 6.77. The van der Waals surface area contributed by atoms with Crippen molar-refractivity contribution in [3.05, 3.63) is 63.4 Å². The van der Waals surface area contributed by atoms with Crippen LogP contribution in [0.3, 0.4) is 0 Å². The van der Waals surface area contributed by atoms with Crippen LogP contribution in [0.25, 0.3) is 0 Å². The quantitative estimate of drug-likeness (QED) is 0.378. The van der Waals surface area contributed by atoms with Gasteiger partial charge >= 0.3 is 5.97 Å². The summed E-state index contributed by atoms with van der Waals surface area (Å²) in [4.78, 5) is 24.7. The average molecular weight is 580 g/mol. The topological polar surface area (TPSA) is 135 Å². The number of carbonyl (C=O) groups excluding carboxylic acids is 2. The Labute approximate surface area is 237 Å². The number of halogens is 3. The van der Waals surface area contributed by atoms with E-state index in [1.54, 1.807) is 18.2 Å². The molecule has 0 saturated carbocycles. The Hall–Kier alpha value is -2.90. The van der Waals surface area contributed by atoms with Crippen molar-refractivity contribution in [1.82, 2.24) is 5.32 Å². The van der Waals surface area contributed by atoms with Gasteiger partial charge in [-0.15, -0.1) is 0 Å². The Morgan fingerprint density at radius 1 is 1.23 bits per heavy atom. The van der Waals surface area contributed by atoms with E-state index < -0.39 is 60.2 Å². The molecule has 4 N–H and O–H groups in total. The first-order valence-electron chi connectivity index (χ1n) is 12.3. The molecule has 0 radical (unpaired) electrons. The highest BCUT2D eigenvalue weighted by Gasteiger charge is 2.61. The largest absolute Gasteiger partial charge is 0.496 e. The Morgan fingerprint density at radius 2 is 1.87 bits per heavy atom. The number of hydrogen-bond acceptors (Lipinski definition) is 7. The minimum absolute atomic E-state index is 0.0484. The van der Waals surface area contributed by atoms with Crippen LogP contribution in [0.1, 0.15) is 50.7 Å². The fraction of sp³-hybridized carbons (Fsp3) is 0.464. The molecular weight excluding hydrogens is 548 g/mol. The number of primary amides is 1. The summed E-state index contributed by atoms with van der Waals surface area (Å²) >= 11 is 12.4. The molecule has 210 valence electrons. The maximum atomic E-state index is 15.7. The van der Waals surface area contributed by atoms with E-state index in [-0.39, 0.29) is 16.0 Å². The SMILES string of the molecule is COc1ccc(Cl)cc1[C@H]1[C@H](C(=O)OC[C@@H](O)CC(N)=O)N[C@@H](CC(C)(C)C)[C@]1(C#N)c1ccc(Cl)cc1F.